The van der Waals surface area contributed by atoms with Crippen LogP contribution in [0.4, 0.5) is 4.79 Å². The minimum absolute atomic E-state index is 0.0199. The number of hydrogen-bond acceptors (Lipinski definition) is 4. The van der Waals surface area contributed by atoms with Crippen LogP contribution in [0.1, 0.15) is 25.8 Å². The number of hydrogen-bond donors (Lipinski definition) is 1. The van der Waals surface area contributed by atoms with Gasteiger partial charge in [-0.05, 0) is 11.5 Å². The summed E-state index contributed by atoms with van der Waals surface area (Å²) >= 11 is 0. The average molecular weight is 316 g/mol. The molecule has 1 aromatic carbocycles. The molecule has 0 bridgehead atoms. The lowest BCUT2D eigenvalue weighted by molar-refractivity contribution is -0.128. The first-order chi connectivity index (χ1) is 11.0. The van der Waals surface area contributed by atoms with Gasteiger partial charge >= 0.3 is 6.03 Å². The van der Waals surface area contributed by atoms with Gasteiger partial charge in [0.05, 0.1) is 13.2 Å². The van der Waals surface area contributed by atoms with Crippen molar-refractivity contribution in [2.45, 2.75) is 33.0 Å². The van der Waals surface area contributed by atoms with Crippen LogP contribution in [0.3, 0.4) is 0 Å². The normalized spacial score (nSPS) is 26.6. The van der Waals surface area contributed by atoms with Crippen LogP contribution in [-0.2, 0) is 20.9 Å². The standard InChI is InChI=1S/C17H20N2O4/c1-11(2)17-8-13(10-22-9-12-6-4-3-5-7-12)23-15(17)19-16(21)18-14(17)20/h3-7,11,13H,8-10H2,1-2H3,(H,18,20,21). The van der Waals surface area contributed by atoms with Gasteiger partial charge in [0.2, 0.25) is 11.8 Å². The summed E-state index contributed by atoms with van der Waals surface area (Å²) in [5.41, 5.74) is 0.209. The fourth-order valence-electron chi connectivity index (χ4n) is 3.12. The highest BCUT2D eigenvalue weighted by Gasteiger charge is 2.57. The summed E-state index contributed by atoms with van der Waals surface area (Å²) in [4.78, 5) is 27.7. The first-order valence-electron chi connectivity index (χ1n) is 7.75. The van der Waals surface area contributed by atoms with Crippen LogP contribution in [0.5, 0.6) is 0 Å². The van der Waals surface area contributed by atoms with Crippen molar-refractivity contribution in [1.29, 1.82) is 0 Å². The fraction of sp³-hybridized carbons (Fsp3) is 0.471. The van der Waals surface area contributed by atoms with E-state index in [9.17, 15) is 9.59 Å². The minimum Gasteiger partial charge on any atom is -0.474 e. The van der Waals surface area contributed by atoms with Crippen molar-refractivity contribution in [3.05, 3.63) is 35.9 Å². The van der Waals surface area contributed by atoms with Crippen molar-refractivity contribution < 1.29 is 19.1 Å². The lowest BCUT2D eigenvalue weighted by atomic mass is 9.73. The first kappa shape index (κ1) is 15.7. The van der Waals surface area contributed by atoms with Crippen molar-refractivity contribution in [2.24, 2.45) is 16.3 Å². The third-order valence-corrected chi connectivity index (χ3v) is 4.44. The molecule has 2 aliphatic heterocycles. The number of rotatable bonds is 5. The molecule has 23 heavy (non-hydrogen) atoms. The van der Waals surface area contributed by atoms with Gasteiger partial charge in [-0.15, -0.1) is 0 Å². The van der Waals surface area contributed by atoms with Crippen LogP contribution in [0.15, 0.2) is 35.3 Å². The van der Waals surface area contributed by atoms with Gasteiger partial charge in [-0.1, -0.05) is 44.2 Å². The zero-order valence-corrected chi connectivity index (χ0v) is 13.2. The molecule has 2 heterocycles. The lowest BCUT2D eigenvalue weighted by Gasteiger charge is -2.31. The molecule has 3 amide bonds. The molecule has 2 unspecified atom stereocenters. The molecule has 1 saturated heterocycles. The van der Waals surface area contributed by atoms with Crippen LogP contribution < -0.4 is 5.32 Å². The zero-order valence-electron chi connectivity index (χ0n) is 13.2. The van der Waals surface area contributed by atoms with Gasteiger partial charge in [0, 0.05) is 6.42 Å². The van der Waals surface area contributed by atoms with Crippen molar-refractivity contribution in [1.82, 2.24) is 5.32 Å². The van der Waals surface area contributed by atoms with E-state index >= 15 is 0 Å². The number of amides is 3. The largest absolute Gasteiger partial charge is 0.474 e. The van der Waals surface area contributed by atoms with Gasteiger partial charge in [0.25, 0.3) is 0 Å². The molecule has 3 rings (SSSR count). The number of imide groups is 1. The van der Waals surface area contributed by atoms with Crippen LogP contribution in [0.2, 0.25) is 0 Å². The third-order valence-electron chi connectivity index (χ3n) is 4.44. The Bertz CT molecular complexity index is 641. The Kier molecular flexibility index (Phi) is 4.17. The SMILES string of the molecule is CC(C)C12CC(COCc3ccccc3)OC1=NC(=O)NC2=O. The summed E-state index contributed by atoms with van der Waals surface area (Å²) in [6.07, 6.45) is 0.189. The summed E-state index contributed by atoms with van der Waals surface area (Å²) in [7, 11) is 0. The molecule has 1 fully saturated rings. The highest BCUT2D eigenvalue weighted by atomic mass is 16.5. The second-order valence-corrected chi connectivity index (χ2v) is 6.25. The van der Waals surface area contributed by atoms with Crippen LogP contribution in [0.25, 0.3) is 0 Å². The summed E-state index contributed by atoms with van der Waals surface area (Å²) in [6.45, 7) is 4.69. The number of fused-ring (bicyclic) bond motifs is 1. The Hall–Kier alpha value is -2.21. The maximum Gasteiger partial charge on any atom is 0.350 e. The van der Waals surface area contributed by atoms with E-state index in [4.69, 9.17) is 9.47 Å². The molecular formula is C17H20N2O4. The van der Waals surface area contributed by atoms with Gasteiger partial charge < -0.3 is 9.47 Å². The quantitative estimate of drug-likeness (QED) is 0.904. The number of nitrogens with one attached hydrogen (secondary N) is 1. The lowest BCUT2D eigenvalue weighted by Crippen LogP contribution is -2.52. The van der Waals surface area contributed by atoms with E-state index in [1.165, 1.54) is 0 Å². The van der Waals surface area contributed by atoms with E-state index in [0.717, 1.165) is 5.56 Å². The predicted molar refractivity (Wildman–Crippen MR) is 83.8 cm³/mol. The third kappa shape index (κ3) is 2.86. The van der Waals surface area contributed by atoms with Gasteiger partial charge in [0.15, 0.2) is 0 Å². The Labute approximate surface area is 134 Å². The van der Waals surface area contributed by atoms with Gasteiger partial charge in [-0.3, -0.25) is 10.1 Å². The van der Waals surface area contributed by atoms with Crippen molar-refractivity contribution in [3.8, 4) is 0 Å². The maximum absolute atomic E-state index is 12.4. The molecule has 6 nitrogen and oxygen atoms in total. The molecule has 0 radical (unpaired) electrons. The summed E-state index contributed by atoms with van der Waals surface area (Å²) in [5, 5.41) is 2.29. The Morgan fingerprint density at radius 2 is 2.09 bits per heavy atom. The molecule has 2 atom stereocenters. The van der Waals surface area contributed by atoms with Crippen LogP contribution in [-0.4, -0.2) is 30.5 Å². The highest BCUT2D eigenvalue weighted by Crippen LogP contribution is 2.43. The van der Waals surface area contributed by atoms with E-state index in [1.54, 1.807) is 0 Å². The van der Waals surface area contributed by atoms with Crippen molar-refractivity contribution in [3.63, 3.8) is 0 Å². The number of carbonyl (C=O) groups is 2. The number of benzene rings is 1. The van der Waals surface area contributed by atoms with Crippen molar-refractivity contribution in [2.75, 3.05) is 6.61 Å². The van der Waals surface area contributed by atoms with E-state index < -0.39 is 11.4 Å². The molecule has 0 saturated carbocycles. The van der Waals surface area contributed by atoms with Crippen LogP contribution >= 0.6 is 0 Å². The zero-order chi connectivity index (χ0) is 16.4. The van der Waals surface area contributed by atoms with E-state index in [-0.39, 0.29) is 23.8 Å². The molecule has 1 aromatic rings. The summed E-state index contributed by atoms with van der Waals surface area (Å²) in [5.74, 6) is -0.115. The molecule has 0 spiro atoms. The number of carbonyl (C=O) groups excluding carboxylic acids is 2. The molecule has 0 aromatic heterocycles. The molecule has 122 valence electrons. The van der Waals surface area contributed by atoms with Gasteiger partial charge in [-0.25, -0.2) is 4.79 Å². The van der Waals surface area contributed by atoms with E-state index in [1.807, 2.05) is 44.2 Å². The average Bonchev–Trinajstić information content (AvgIpc) is 2.88. The van der Waals surface area contributed by atoms with Gasteiger partial charge in [-0.2, -0.15) is 4.99 Å². The Balaban J connectivity index is 1.67. The first-order valence-corrected chi connectivity index (χ1v) is 7.75. The summed E-state index contributed by atoms with van der Waals surface area (Å²) in [6, 6.07) is 9.18. The predicted octanol–water partition coefficient (Wildman–Crippen LogP) is 2.28. The molecule has 6 heteroatoms. The second kappa shape index (κ2) is 6.12. The number of ether oxygens (including phenoxy) is 2. The smallest absolute Gasteiger partial charge is 0.350 e. The molecule has 2 aliphatic rings. The number of aliphatic imine (C=N–C) groups is 1. The van der Waals surface area contributed by atoms with Gasteiger partial charge in [0.1, 0.15) is 11.5 Å². The Morgan fingerprint density at radius 1 is 1.35 bits per heavy atom. The number of urea groups is 1. The van der Waals surface area contributed by atoms with E-state index in [0.29, 0.717) is 19.6 Å². The molecule has 0 aliphatic carbocycles. The molecule has 1 N–H and O–H groups in total. The monoisotopic (exact) mass is 316 g/mol. The van der Waals surface area contributed by atoms with Crippen LogP contribution in [0, 0.1) is 11.3 Å². The second-order valence-electron chi connectivity index (χ2n) is 6.25. The number of nitrogens with zero attached hydrogens (tertiary/aromatic N) is 1. The summed E-state index contributed by atoms with van der Waals surface area (Å²) < 4.78 is 11.5. The highest BCUT2D eigenvalue weighted by molar-refractivity contribution is 6.18. The molecular weight excluding hydrogens is 296 g/mol. The minimum atomic E-state index is -0.866. The topological polar surface area (TPSA) is 77.0 Å². The van der Waals surface area contributed by atoms with E-state index in [2.05, 4.69) is 10.3 Å². The maximum atomic E-state index is 12.4. The fourth-order valence-corrected chi connectivity index (χ4v) is 3.12. The Morgan fingerprint density at radius 3 is 2.78 bits per heavy atom. The van der Waals surface area contributed by atoms with Crippen molar-refractivity contribution >= 4 is 17.8 Å².